The molecule has 1 saturated carbocycles. The predicted molar refractivity (Wildman–Crippen MR) is 120 cm³/mol. The Labute approximate surface area is 188 Å². The lowest BCUT2D eigenvalue weighted by molar-refractivity contribution is -0.119. The van der Waals surface area contributed by atoms with E-state index in [2.05, 4.69) is 24.0 Å². The lowest BCUT2D eigenvalue weighted by Gasteiger charge is -2.36. The fourth-order valence-electron chi connectivity index (χ4n) is 4.83. The zero-order chi connectivity index (χ0) is 22.4. The maximum absolute atomic E-state index is 13.4. The maximum Gasteiger partial charge on any atom is 0.274 e. The van der Waals surface area contributed by atoms with Crippen LogP contribution in [0.25, 0.3) is 0 Å². The van der Waals surface area contributed by atoms with Gasteiger partial charge in [0.05, 0.1) is 6.04 Å². The molecule has 0 unspecified atom stereocenters. The summed E-state index contributed by atoms with van der Waals surface area (Å²) in [5.74, 6) is 2.37. The molecule has 2 fully saturated rings. The normalized spacial score (nSPS) is 21.2. The van der Waals surface area contributed by atoms with Gasteiger partial charge in [-0.05, 0) is 63.4 Å². The summed E-state index contributed by atoms with van der Waals surface area (Å²) in [6, 6.07) is 1.66. The van der Waals surface area contributed by atoms with Gasteiger partial charge in [-0.2, -0.15) is 5.10 Å². The van der Waals surface area contributed by atoms with Crippen molar-refractivity contribution in [2.75, 3.05) is 18.0 Å². The largest absolute Gasteiger partial charge is 0.327 e. The summed E-state index contributed by atoms with van der Waals surface area (Å²) < 4.78 is 0. The first-order valence-corrected chi connectivity index (χ1v) is 12.0. The number of carbonyl (C=O) groups excluding carboxylic acids is 2. The highest BCUT2D eigenvalue weighted by Gasteiger charge is 2.36. The van der Waals surface area contributed by atoms with Crippen LogP contribution in [-0.4, -0.2) is 50.0 Å². The van der Waals surface area contributed by atoms with E-state index < -0.39 is 0 Å². The van der Waals surface area contributed by atoms with E-state index in [0.29, 0.717) is 36.8 Å². The van der Waals surface area contributed by atoms with Crippen LogP contribution in [0.5, 0.6) is 0 Å². The first kappa shape index (κ1) is 21.1. The van der Waals surface area contributed by atoms with Gasteiger partial charge in [-0.25, -0.2) is 9.97 Å². The third-order valence-corrected chi connectivity index (χ3v) is 6.99. The van der Waals surface area contributed by atoms with Crippen LogP contribution in [0.2, 0.25) is 0 Å². The Morgan fingerprint density at radius 2 is 2.00 bits per heavy atom. The summed E-state index contributed by atoms with van der Waals surface area (Å²) in [5.41, 5.74) is 3.41. The van der Waals surface area contributed by atoms with E-state index in [4.69, 9.17) is 9.97 Å². The quantitative estimate of drug-likeness (QED) is 0.771. The number of fused-ring (bicyclic) bond motifs is 1. The summed E-state index contributed by atoms with van der Waals surface area (Å²) in [7, 11) is 0. The second-order valence-corrected chi connectivity index (χ2v) is 9.79. The Bertz CT molecular complexity index is 1040. The molecule has 2 aromatic rings. The molecule has 2 aromatic heterocycles. The number of rotatable bonds is 5. The first-order chi connectivity index (χ1) is 15.4. The van der Waals surface area contributed by atoms with Crippen LogP contribution in [-0.2, 0) is 11.2 Å². The van der Waals surface area contributed by atoms with Gasteiger partial charge < -0.3 is 4.90 Å². The topological polar surface area (TPSA) is 95.1 Å². The molecule has 0 radical (unpaired) electrons. The van der Waals surface area contributed by atoms with Gasteiger partial charge in [0.1, 0.15) is 11.5 Å². The van der Waals surface area contributed by atoms with E-state index >= 15 is 0 Å². The first-order valence-electron chi connectivity index (χ1n) is 12.0. The number of hydrogen-bond acceptors (Lipinski definition) is 5. The van der Waals surface area contributed by atoms with Crippen molar-refractivity contribution in [3.8, 4) is 0 Å². The standard InChI is InChI=1S/C24H32N6O2/c1-14(2)18-12-19(28-27-18)24(32)29-11-5-4-6-20(29)22-25-15(3)17-9-10-21(31)30(23(17)26-22)13-16-7-8-16/h12,14,16,20H,4-11,13H2,1-3H3,(H,27,28)/t20-/m0/s1. The molecule has 0 aromatic carbocycles. The number of aryl methyl sites for hydroxylation is 1. The maximum atomic E-state index is 13.4. The van der Waals surface area contributed by atoms with Crippen LogP contribution in [0, 0.1) is 12.8 Å². The minimum absolute atomic E-state index is 0.0808. The molecular formula is C24H32N6O2. The van der Waals surface area contributed by atoms with Crippen molar-refractivity contribution in [1.82, 2.24) is 25.1 Å². The number of amides is 2. The molecule has 3 aliphatic rings. The minimum Gasteiger partial charge on any atom is -0.327 e. The fourth-order valence-corrected chi connectivity index (χ4v) is 4.83. The number of piperidine rings is 1. The Morgan fingerprint density at radius 1 is 1.19 bits per heavy atom. The molecule has 8 nitrogen and oxygen atoms in total. The summed E-state index contributed by atoms with van der Waals surface area (Å²) in [6.45, 7) is 7.57. The molecule has 4 heterocycles. The predicted octanol–water partition coefficient (Wildman–Crippen LogP) is 3.69. The third-order valence-electron chi connectivity index (χ3n) is 6.99. The average Bonchev–Trinajstić information content (AvgIpc) is 3.46. The third kappa shape index (κ3) is 3.91. The van der Waals surface area contributed by atoms with Gasteiger partial charge in [0.15, 0.2) is 5.82 Å². The Balaban J connectivity index is 1.48. The second-order valence-electron chi connectivity index (χ2n) is 9.79. The fraction of sp³-hybridized carbons (Fsp3) is 0.625. The summed E-state index contributed by atoms with van der Waals surface area (Å²) in [4.78, 5) is 39.7. The van der Waals surface area contributed by atoms with Gasteiger partial charge >= 0.3 is 0 Å². The second kappa shape index (κ2) is 8.30. The monoisotopic (exact) mass is 436 g/mol. The van der Waals surface area contributed by atoms with Gasteiger partial charge in [0, 0.05) is 36.5 Å². The van der Waals surface area contributed by atoms with Gasteiger partial charge in [0.25, 0.3) is 5.91 Å². The van der Waals surface area contributed by atoms with Crippen molar-refractivity contribution in [3.63, 3.8) is 0 Å². The number of H-pyrrole nitrogens is 1. The van der Waals surface area contributed by atoms with Crippen LogP contribution in [0.3, 0.4) is 0 Å². The smallest absolute Gasteiger partial charge is 0.274 e. The van der Waals surface area contributed by atoms with Gasteiger partial charge in [-0.15, -0.1) is 0 Å². The van der Waals surface area contributed by atoms with Crippen LogP contribution in [0.1, 0.15) is 97.6 Å². The molecule has 1 atom stereocenters. The number of aromatic amines is 1. The van der Waals surface area contributed by atoms with E-state index in [9.17, 15) is 9.59 Å². The molecule has 8 heteroatoms. The van der Waals surface area contributed by atoms with Crippen LogP contribution < -0.4 is 4.90 Å². The molecule has 2 aliphatic heterocycles. The number of nitrogens with zero attached hydrogens (tertiary/aromatic N) is 5. The Hall–Kier alpha value is -2.77. The van der Waals surface area contributed by atoms with Gasteiger partial charge in [-0.3, -0.25) is 19.6 Å². The van der Waals surface area contributed by atoms with E-state index in [0.717, 1.165) is 48.6 Å². The van der Waals surface area contributed by atoms with Crippen molar-refractivity contribution in [3.05, 3.63) is 34.5 Å². The molecule has 2 amide bonds. The minimum atomic E-state index is -0.195. The van der Waals surface area contributed by atoms with Gasteiger partial charge in [-0.1, -0.05) is 13.8 Å². The summed E-state index contributed by atoms with van der Waals surface area (Å²) >= 11 is 0. The highest BCUT2D eigenvalue weighted by Crippen LogP contribution is 2.37. The van der Waals surface area contributed by atoms with Crippen molar-refractivity contribution in [2.24, 2.45) is 5.92 Å². The summed E-state index contributed by atoms with van der Waals surface area (Å²) in [5, 5.41) is 7.27. The highest BCUT2D eigenvalue weighted by atomic mass is 16.2. The number of aromatic nitrogens is 4. The van der Waals surface area contributed by atoms with Crippen molar-refractivity contribution in [1.29, 1.82) is 0 Å². The number of likely N-dealkylation sites (tertiary alicyclic amines) is 1. The van der Waals surface area contributed by atoms with E-state index in [1.54, 1.807) is 0 Å². The molecular weight excluding hydrogens is 404 g/mol. The SMILES string of the molecule is Cc1nc([C@@H]2CCCCN2C(=O)c2cc(C(C)C)[nH]n2)nc2c1CCC(=O)N2CC1CC1. The highest BCUT2D eigenvalue weighted by molar-refractivity contribution is 5.95. The zero-order valence-corrected chi connectivity index (χ0v) is 19.2. The van der Waals surface area contributed by atoms with E-state index in [1.807, 2.05) is 22.8 Å². The van der Waals surface area contributed by atoms with Crippen LogP contribution >= 0.6 is 0 Å². The number of nitrogens with one attached hydrogen (secondary N) is 1. The number of carbonyl (C=O) groups is 2. The lowest BCUT2D eigenvalue weighted by Crippen LogP contribution is -2.41. The van der Waals surface area contributed by atoms with Crippen molar-refractivity contribution >= 4 is 17.6 Å². The Kier molecular flexibility index (Phi) is 5.47. The zero-order valence-electron chi connectivity index (χ0n) is 19.2. The number of anilines is 1. The molecule has 1 aliphatic carbocycles. The molecule has 1 N–H and O–H groups in total. The van der Waals surface area contributed by atoms with Gasteiger partial charge in [0.2, 0.25) is 5.91 Å². The summed E-state index contributed by atoms with van der Waals surface area (Å²) in [6.07, 6.45) is 6.39. The molecule has 5 rings (SSSR count). The lowest BCUT2D eigenvalue weighted by atomic mass is 9.98. The molecule has 32 heavy (non-hydrogen) atoms. The number of hydrogen-bond donors (Lipinski definition) is 1. The Morgan fingerprint density at radius 3 is 2.72 bits per heavy atom. The molecule has 170 valence electrons. The van der Waals surface area contributed by atoms with E-state index in [-0.39, 0.29) is 23.8 Å². The molecule has 0 bridgehead atoms. The van der Waals surface area contributed by atoms with E-state index in [1.165, 1.54) is 12.8 Å². The van der Waals surface area contributed by atoms with Crippen molar-refractivity contribution < 1.29 is 9.59 Å². The molecule has 0 spiro atoms. The molecule has 1 saturated heterocycles. The van der Waals surface area contributed by atoms with Crippen molar-refractivity contribution in [2.45, 2.75) is 77.7 Å². The van der Waals surface area contributed by atoms with Crippen LogP contribution in [0.4, 0.5) is 5.82 Å². The average molecular weight is 437 g/mol. The van der Waals surface area contributed by atoms with Crippen LogP contribution in [0.15, 0.2) is 6.07 Å².